The molecule has 1 aliphatic heterocycles. The highest BCUT2D eigenvalue weighted by Gasteiger charge is 2.50. The van der Waals surface area contributed by atoms with E-state index < -0.39 is 11.5 Å². The van der Waals surface area contributed by atoms with E-state index >= 15 is 0 Å². The number of rotatable bonds is 5. The van der Waals surface area contributed by atoms with E-state index in [2.05, 4.69) is 9.98 Å². The number of nitrogens with zero attached hydrogens (tertiary/aromatic N) is 5. The monoisotopic (exact) mass is 448 g/mol. The molecule has 9 heteroatoms. The first-order chi connectivity index (χ1) is 15.7. The summed E-state index contributed by atoms with van der Waals surface area (Å²) in [6.45, 7) is 2.43. The molecule has 1 unspecified atom stereocenters. The van der Waals surface area contributed by atoms with Crippen LogP contribution in [-0.2, 0) is 16.9 Å². The first kappa shape index (κ1) is 22.2. The van der Waals surface area contributed by atoms with Gasteiger partial charge in [-0.2, -0.15) is 4.39 Å². The van der Waals surface area contributed by atoms with Crippen molar-refractivity contribution in [2.75, 3.05) is 21.1 Å². The molecule has 2 aromatic heterocycles. The topological polar surface area (TPSA) is 96.8 Å². The average Bonchev–Trinajstić information content (AvgIpc) is 3.34. The summed E-state index contributed by atoms with van der Waals surface area (Å²) in [6, 6.07) is 11.9. The van der Waals surface area contributed by atoms with Crippen LogP contribution in [0.2, 0.25) is 0 Å². The molecule has 2 amide bonds. The van der Waals surface area contributed by atoms with E-state index in [9.17, 15) is 14.0 Å². The molecule has 3 heterocycles. The van der Waals surface area contributed by atoms with Crippen LogP contribution in [0.4, 0.5) is 4.39 Å². The summed E-state index contributed by atoms with van der Waals surface area (Å²) in [5, 5.41) is 0. The van der Waals surface area contributed by atoms with Gasteiger partial charge in [0.1, 0.15) is 5.69 Å². The number of benzene rings is 1. The molecule has 2 N–H and O–H groups in total. The van der Waals surface area contributed by atoms with Crippen molar-refractivity contribution < 1.29 is 14.0 Å². The van der Waals surface area contributed by atoms with Crippen LogP contribution in [0.15, 0.2) is 59.9 Å². The Labute approximate surface area is 191 Å². The largest absolute Gasteiger partial charge is 0.369 e. The van der Waals surface area contributed by atoms with Crippen molar-refractivity contribution in [3.8, 4) is 11.1 Å². The average molecular weight is 449 g/mol. The third-order valence-corrected chi connectivity index (χ3v) is 5.87. The van der Waals surface area contributed by atoms with Crippen molar-refractivity contribution in [3.63, 3.8) is 0 Å². The Morgan fingerprint density at radius 2 is 1.94 bits per heavy atom. The third-order valence-electron chi connectivity index (χ3n) is 5.87. The van der Waals surface area contributed by atoms with Crippen LogP contribution >= 0.6 is 0 Å². The fourth-order valence-electron chi connectivity index (χ4n) is 4.08. The molecule has 1 atom stereocenters. The Hall–Kier alpha value is -4.01. The van der Waals surface area contributed by atoms with Gasteiger partial charge in [-0.1, -0.05) is 18.2 Å². The van der Waals surface area contributed by atoms with Gasteiger partial charge >= 0.3 is 0 Å². The normalized spacial score (nSPS) is 17.9. The molecule has 0 radical (unpaired) electrons. The molecule has 33 heavy (non-hydrogen) atoms. The van der Waals surface area contributed by atoms with Gasteiger partial charge in [0.2, 0.25) is 5.95 Å². The van der Waals surface area contributed by atoms with Crippen molar-refractivity contribution in [3.05, 3.63) is 77.6 Å². The lowest BCUT2D eigenvalue weighted by atomic mass is 9.83. The number of aliphatic imine (C=N–C) groups is 1. The van der Waals surface area contributed by atoms with Crippen LogP contribution in [-0.4, -0.2) is 58.3 Å². The number of aromatic nitrogens is 2. The number of carbonyl (C=O) groups is 2. The number of likely N-dealkylation sites (N-methyl/N-ethyl adjacent to an activating group) is 1. The van der Waals surface area contributed by atoms with E-state index in [1.165, 1.54) is 16.0 Å². The Morgan fingerprint density at radius 1 is 1.18 bits per heavy atom. The first-order valence-electron chi connectivity index (χ1n) is 10.5. The standard InChI is InChI=1S/C24H25FN6O2/c1-5-31-14-17(13-19(31)21(32)29(2)3)24(22(33)30(4)23(26)28-24)16-9-6-8-15(12-16)18-10-7-11-27-20(18)25/h6-14H,5H2,1-4H3,(H2,26,28). The lowest BCUT2D eigenvalue weighted by molar-refractivity contribution is -0.129. The molecule has 1 aliphatic rings. The van der Waals surface area contributed by atoms with Gasteiger partial charge in [0.25, 0.3) is 11.8 Å². The highest BCUT2D eigenvalue weighted by Crippen LogP contribution is 2.41. The van der Waals surface area contributed by atoms with Crippen LogP contribution in [0.3, 0.4) is 0 Å². The van der Waals surface area contributed by atoms with Crippen molar-refractivity contribution in [2.24, 2.45) is 10.7 Å². The molecule has 170 valence electrons. The van der Waals surface area contributed by atoms with Gasteiger partial charge in [0.05, 0.1) is 0 Å². The number of carbonyl (C=O) groups excluding carboxylic acids is 2. The summed E-state index contributed by atoms with van der Waals surface area (Å²) in [5.74, 6) is -1.11. The van der Waals surface area contributed by atoms with E-state index in [-0.39, 0.29) is 17.8 Å². The third kappa shape index (κ3) is 3.45. The predicted molar refractivity (Wildman–Crippen MR) is 123 cm³/mol. The number of pyridine rings is 1. The van der Waals surface area contributed by atoms with E-state index in [1.54, 1.807) is 74.4 Å². The molecule has 0 saturated heterocycles. The van der Waals surface area contributed by atoms with E-state index in [1.807, 2.05) is 6.92 Å². The molecule has 1 aromatic carbocycles. The maximum absolute atomic E-state index is 14.4. The predicted octanol–water partition coefficient (Wildman–Crippen LogP) is 2.44. The van der Waals surface area contributed by atoms with E-state index in [0.29, 0.717) is 34.5 Å². The number of hydrogen-bond acceptors (Lipinski definition) is 5. The Bertz CT molecular complexity index is 1280. The minimum atomic E-state index is -1.50. The van der Waals surface area contributed by atoms with E-state index in [0.717, 1.165) is 0 Å². The Balaban J connectivity index is 1.96. The molecular weight excluding hydrogens is 423 g/mol. The molecule has 4 rings (SSSR count). The minimum Gasteiger partial charge on any atom is -0.369 e. The van der Waals surface area contributed by atoms with Gasteiger partial charge in [-0.25, -0.2) is 9.98 Å². The molecule has 0 aliphatic carbocycles. The highest BCUT2D eigenvalue weighted by atomic mass is 19.1. The first-order valence-corrected chi connectivity index (χ1v) is 10.5. The maximum atomic E-state index is 14.4. The van der Waals surface area contributed by atoms with Crippen molar-refractivity contribution in [1.82, 2.24) is 19.4 Å². The van der Waals surface area contributed by atoms with Gasteiger partial charge in [-0.15, -0.1) is 0 Å². The van der Waals surface area contributed by atoms with Gasteiger partial charge in [-0.3, -0.25) is 14.5 Å². The number of nitrogens with two attached hydrogens (primary N) is 1. The fraction of sp³-hybridized carbons (Fsp3) is 0.250. The molecule has 0 bridgehead atoms. The van der Waals surface area contributed by atoms with Gasteiger partial charge < -0.3 is 15.2 Å². The fourth-order valence-corrected chi connectivity index (χ4v) is 4.08. The SMILES string of the molecule is CCn1cc(C2(c3cccc(-c4cccnc4F)c3)N=C(N)N(C)C2=O)cc1C(=O)N(C)C. The smallest absolute Gasteiger partial charge is 0.269 e. The second kappa shape index (κ2) is 8.16. The quantitative estimate of drug-likeness (QED) is 0.607. The summed E-state index contributed by atoms with van der Waals surface area (Å²) >= 11 is 0. The molecule has 3 aromatic rings. The molecule has 0 fully saturated rings. The molecular formula is C24H25FN6O2. The molecule has 0 saturated carbocycles. The van der Waals surface area contributed by atoms with Crippen LogP contribution in [0.1, 0.15) is 28.5 Å². The zero-order valence-corrected chi connectivity index (χ0v) is 18.9. The van der Waals surface area contributed by atoms with Crippen LogP contribution in [0.25, 0.3) is 11.1 Å². The van der Waals surface area contributed by atoms with Crippen LogP contribution in [0, 0.1) is 5.95 Å². The summed E-state index contributed by atoms with van der Waals surface area (Å²) in [6.07, 6.45) is 3.13. The minimum absolute atomic E-state index is 0.0581. The number of amides is 2. The number of guanidine groups is 1. The second-order valence-corrected chi connectivity index (χ2v) is 8.07. The van der Waals surface area contributed by atoms with Crippen molar-refractivity contribution >= 4 is 17.8 Å². The summed E-state index contributed by atoms with van der Waals surface area (Å²) < 4.78 is 16.2. The lowest BCUT2D eigenvalue weighted by Crippen LogP contribution is -2.41. The second-order valence-electron chi connectivity index (χ2n) is 8.07. The Kier molecular flexibility index (Phi) is 5.49. The molecule has 0 spiro atoms. The van der Waals surface area contributed by atoms with Crippen LogP contribution in [0.5, 0.6) is 0 Å². The zero-order valence-electron chi connectivity index (χ0n) is 18.9. The molecule has 8 nitrogen and oxygen atoms in total. The zero-order chi connectivity index (χ0) is 23.9. The van der Waals surface area contributed by atoms with Crippen LogP contribution < -0.4 is 5.73 Å². The number of halogens is 1. The summed E-state index contributed by atoms with van der Waals surface area (Å²) in [7, 11) is 4.89. The van der Waals surface area contributed by atoms with Crippen molar-refractivity contribution in [1.29, 1.82) is 0 Å². The summed E-state index contributed by atoms with van der Waals surface area (Å²) in [5.41, 5.74) is 6.89. The van der Waals surface area contributed by atoms with Gasteiger partial charge in [0.15, 0.2) is 11.5 Å². The number of hydrogen-bond donors (Lipinski definition) is 1. The highest BCUT2D eigenvalue weighted by molar-refractivity contribution is 6.09. The number of aryl methyl sites for hydroxylation is 1. The van der Waals surface area contributed by atoms with Gasteiger partial charge in [0, 0.05) is 51.2 Å². The van der Waals surface area contributed by atoms with Gasteiger partial charge in [-0.05, 0) is 42.3 Å². The van der Waals surface area contributed by atoms with Crippen molar-refractivity contribution in [2.45, 2.75) is 19.0 Å². The Morgan fingerprint density at radius 3 is 2.55 bits per heavy atom. The lowest BCUT2D eigenvalue weighted by Gasteiger charge is -2.25. The van der Waals surface area contributed by atoms with E-state index in [4.69, 9.17) is 5.73 Å². The maximum Gasteiger partial charge on any atom is 0.269 e. The summed E-state index contributed by atoms with van der Waals surface area (Å²) in [4.78, 5) is 37.5.